The number of carboxylic acid groups (broad SMARTS) is 1. The number of aliphatic carboxylic acids is 1. The zero-order valence-electron chi connectivity index (χ0n) is 13.6. The topological polar surface area (TPSA) is 54.4 Å². The van der Waals surface area contributed by atoms with E-state index in [9.17, 15) is 9.59 Å². The van der Waals surface area contributed by atoms with E-state index in [1.807, 2.05) is 0 Å². The molecule has 1 aliphatic rings. The second kappa shape index (κ2) is 10.8. The Morgan fingerprint density at radius 2 is 1.81 bits per heavy atom. The van der Waals surface area contributed by atoms with Crippen molar-refractivity contribution in [2.24, 2.45) is 11.8 Å². The minimum atomic E-state index is -0.711. The van der Waals surface area contributed by atoms with Crippen LogP contribution >= 0.6 is 0 Å². The molecule has 0 bridgehead atoms. The second-order valence-corrected chi connectivity index (χ2v) is 6.57. The summed E-state index contributed by atoms with van der Waals surface area (Å²) in [6, 6.07) is 0. The van der Waals surface area contributed by atoms with Gasteiger partial charge in [-0.2, -0.15) is 0 Å². The van der Waals surface area contributed by atoms with Gasteiger partial charge in [0, 0.05) is 18.8 Å². The van der Waals surface area contributed by atoms with E-state index in [1.165, 1.54) is 38.5 Å². The molecule has 0 aliphatic heterocycles. The molecule has 0 spiro atoms. The smallest absolute Gasteiger partial charge is 0.303 e. The van der Waals surface area contributed by atoms with Gasteiger partial charge >= 0.3 is 5.97 Å². The molecule has 1 rings (SSSR count). The summed E-state index contributed by atoms with van der Waals surface area (Å²) in [5.41, 5.74) is 0. The third-order valence-electron chi connectivity index (χ3n) is 4.81. The van der Waals surface area contributed by atoms with E-state index >= 15 is 0 Å². The third-order valence-corrected chi connectivity index (χ3v) is 4.81. The molecule has 1 aliphatic carbocycles. The third kappa shape index (κ3) is 7.63. The molecule has 122 valence electrons. The van der Waals surface area contributed by atoms with E-state index in [0.717, 1.165) is 38.5 Å². The van der Waals surface area contributed by atoms with Crippen molar-refractivity contribution in [1.29, 1.82) is 0 Å². The zero-order chi connectivity index (χ0) is 15.5. The molecule has 0 saturated heterocycles. The second-order valence-electron chi connectivity index (χ2n) is 6.57. The lowest BCUT2D eigenvalue weighted by Crippen LogP contribution is -2.28. The van der Waals surface area contributed by atoms with E-state index in [2.05, 4.69) is 6.92 Å². The average Bonchev–Trinajstić information content (AvgIpc) is 2.45. The SMILES string of the molecule is CCCCCCC1CCCC(=O)C1CCCCCC(=O)O. The molecule has 2 unspecified atom stereocenters. The minimum absolute atomic E-state index is 0.263. The van der Waals surface area contributed by atoms with Crippen LogP contribution in [0.3, 0.4) is 0 Å². The van der Waals surface area contributed by atoms with Crippen molar-refractivity contribution in [3.05, 3.63) is 0 Å². The number of rotatable bonds is 11. The van der Waals surface area contributed by atoms with Gasteiger partial charge in [-0.15, -0.1) is 0 Å². The summed E-state index contributed by atoms with van der Waals surface area (Å²) in [7, 11) is 0. The van der Waals surface area contributed by atoms with E-state index < -0.39 is 5.97 Å². The minimum Gasteiger partial charge on any atom is -0.481 e. The fraction of sp³-hybridized carbons (Fsp3) is 0.889. The maximum absolute atomic E-state index is 12.2. The Labute approximate surface area is 129 Å². The van der Waals surface area contributed by atoms with Crippen LogP contribution < -0.4 is 0 Å². The first-order valence-corrected chi connectivity index (χ1v) is 8.89. The van der Waals surface area contributed by atoms with Crippen LogP contribution in [0.15, 0.2) is 0 Å². The normalized spacial score (nSPS) is 22.4. The standard InChI is InChI=1S/C18H32O3/c1-2-3-4-6-10-15-11-9-13-17(19)16(15)12-7-5-8-14-18(20)21/h15-16H,2-14H2,1H3,(H,20,21). The number of ketones is 1. The van der Waals surface area contributed by atoms with Crippen molar-refractivity contribution < 1.29 is 14.7 Å². The van der Waals surface area contributed by atoms with Crippen molar-refractivity contribution in [1.82, 2.24) is 0 Å². The highest BCUT2D eigenvalue weighted by Gasteiger charge is 2.30. The van der Waals surface area contributed by atoms with Gasteiger partial charge in [0.2, 0.25) is 0 Å². The van der Waals surface area contributed by atoms with Crippen LogP contribution in [0.4, 0.5) is 0 Å². The van der Waals surface area contributed by atoms with Crippen molar-refractivity contribution >= 4 is 11.8 Å². The van der Waals surface area contributed by atoms with Crippen molar-refractivity contribution in [3.8, 4) is 0 Å². The van der Waals surface area contributed by atoms with Crippen LogP contribution in [0.1, 0.15) is 90.4 Å². The summed E-state index contributed by atoms with van der Waals surface area (Å²) in [6.45, 7) is 2.23. The fourth-order valence-corrected chi connectivity index (χ4v) is 3.58. The van der Waals surface area contributed by atoms with E-state index in [4.69, 9.17) is 5.11 Å². The lowest BCUT2D eigenvalue weighted by atomic mass is 9.73. The number of hydrogen-bond acceptors (Lipinski definition) is 2. The predicted octanol–water partition coefficient (Wildman–Crippen LogP) is 4.98. The molecule has 0 aromatic carbocycles. The van der Waals surface area contributed by atoms with Gasteiger partial charge in [-0.25, -0.2) is 0 Å². The largest absolute Gasteiger partial charge is 0.481 e. The van der Waals surface area contributed by atoms with Crippen LogP contribution in [-0.4, -0.2) is 16.9 Å². The maximum atomic E-state index is 12.2. The Bertz CT molecular complexity index is 312. The van der Waals surface area contributed by atoms with Gasteiger partial charge in [-0.1, -0.05) is 45.4 Å². The first kappa shape index (κ1) is 18.2. The number of hydrogen-bond donors (Lipinski definition) is 1. The molecule has 1 fully saturated rings. The average molecular weight is 296 g/mol. The first-order chi connectivity index (χ1) is 10.1. The lowest BCUT2D eigenvalue weighted by Gasteiger charge is -2.30. The highest BCUT2D eigenvalue weighted by Crippen LogP contribution is 2.34. The molecule has 1 saturated carbocycles. The lowest BCUT2D eigenvalue weighted by molar-refractivity contribution is -0.137. The van der Waals surface area contributed by atoms with Crippen LogP contribution in [0.5, 0.6) is 0 Å². The molecule has 0 aromatic rings. The molecule has 0 aromatic heterocycles. The number of unbranched alkanes of at least 4 members (excludes halogenated alkanes) is 5. The molecule has 0 heterocycles. The molecule has 1 N–H and O–H groups in total. The Morgan fingerprint density at radius 1 is 1.10 bits per heavy atom. The van der Waals surface area contributed by atoms with Crippen LogP contribution in [0.25, 0.3) is 0 Å². The fourth-order valence-electron chi connectivity index (χ4n) is 3.58. The van der Waals surface area contributed by atoms with Gasteiger partial charge < -0.3 is 5.11 Å². The molecule has 0 amide bonds. The zero-order valence-corrected chi connectivity index (χ0v) is 13.6. The summed E-state index contributed by atoms with van der Waals surface area (Å²) in [5.74, 6) is 0.630. The molecule has 21 heavy (non-hydrogen) atoms. The van der Waals surface area contributed by atoms with E-state index in [-0.39, 0.29) is 12.3 Å². The monoisotopic (exact) mass is 296 g/mol. The predicted molar refractivity (Wildman–Crippen MR) is 85.3 cm³/mol. The van der Waals surface area contributed by atoms with Crippen molar-refractivity contribution in [3.63, 3.8) is 0 Å². The Hall–Kier alpha value is -0.860. The molecule has 3 nitrogen and oxygen atoms in total. The number of carboxylic acids is 1. The number of Topliss-reactive ketones (excluding diaryl/α,β-unsaturated/α-hetero) is 1. The van der Waals surface area contributed by atoms with Crippen molar-refractivity contribution in [2.75, 3.05) is 0 Å². The Morgan fingerprint density at radius 3 is 2.52 bits per heavy atom. The highest BCUT2D eigenvalue weighted by atomic mass is 16.4. The first-order valence-electron chi connectivity index (χ1n) is 8.89. The quantitative estimate of drug-likeness (QED) is 0.547. The number of carbonyl (C=O) groups is 2. The number of carbonyl (C=O) groups excluding carboxylic acids is 1. The van der Waals surface area contributed by atoms with Gasteiger partial charge in [0.15, 0.2) is 0 Å². The molecule has 2 atom stereocenters. The van der Waals surface area contributed by atoms with Crippen LogP contribution in [0, 0.1) is 11.8 Å². The molecular weight excluding hydrogens is 264 g/mol. The van der Waals surface area contributed by atoms with E-state index in [1.54, 1.807) is 0 Å². The Balaban J connectivity index is 2.27. The summed E-state index contributed by atoms with van der Waals surface area (Å²) >= 11 is 0. The summed E-state index contributed by atoms with van der Waals surface area (Å²) in [4.78, 5) is 22.7. The van der Waals surface area contributed by atoms with Gasteiger partial charge in [0.25, 0.3) is 0 Å². The van der Waals surface area contributed by atoms with Gasteiger partial charge in [0.1, 0.15) is 5.78 Å². The molecule has 0 radical (unpaired) electrons. The summed E-state index contributed by atoms with van der Waals surface area (Å²) < 4.78 is 0. The molecular formula is C18H32O3. The van der Waals surface area contributed by atoms with Crippen LogP contribution in [0.2, 0.25) is 0 Å². The van der Waals surface area contributed by atoms with Crippen molar-refractivity contribution in [2.45, 2.75) is 90.4 Å². The highest BCUT2D eigenvalue weighted by molar-refractivity contribution is 5.81. The van der Waals surface area contributed by atoms with Gasteiger partial charge in [-0.05, 0) is 38.0 Å². The van der Waals surface area contributed by atoms with Gasteiger partial charge in [-0.3, -0.25) is 9.59 Å². The van der Waals surface area contributed by atoms with Gasteiger partial charge in [0.05, 0.1) is 0 Å². The van der Waals surface area contributed by atoms with Crippen LogP contribution in [-0.2, 0) is 9.59 Å². The maximum Gasteiger partial charge on any atom is 0.303 e. The summed E-state index contributed by atoms with van der Waals surface area (Å²) in [6.07, 6.45) is 13.4. The summed E-state index contributed by atoms with van der Waals surface area (Å²) in [5, 5.41) is 8.63. The Kier molecular flexibility index (Phi) is 9.36. The molecule has 3 heteroatoms. The van der Waals surface area contributed by atoms with E-state index in [0.29, 0.717) is 11.7 Å².